The SMILES string of the molecule is Nc1cc(Br)c(F)c(F)c1CC1CC1. The third kappa shape index (κ3) is 1.75. The molecule has 4 heteroatoms. The fraction of sp³-hybridized carbons (Fsp3) is 0.400. The molecule has 76 valence electrons. The molecule has 1 saturated carbocycles. The summed E-state index contributed by atoms with van der Waals surface area (Å²) < 4.78 is 26.7. The molecule has 0 atom stereocenters. The number of nitrogens with two attached hydrogens (primary N) is 1. The number of benzene rings is 1. The van der Waals surface area contributed by atoms with Crippen LogP contribution < -0.4 is 5.73 Å². The van der Waals surface area contributed by atoms with Crippen LogP contribution in [-0.4, -0.2) is 0 Å². The van der Waals surface area contributed by atoms with Gasteiger partial charge in [-0.05, 0) is 47.2 Å². The van der Waals surface area contributed by atoms with Gasteiger partial charge in [0.25, 0.3) is 0 Å². The topological polar surface area (TPSA) is 26.0 Å². The van der Waals surface area contributed by atoms with Crippen LogP contribution in [0.5, 0.6) is 0 Å². The maximum absolute atomic E-state index is 13.4. The van der Waals surface area contributed by atoms with Crippen LogP contribution in [0.3, 0.4) is 0 Å². The van der Waals surface area contributed by atoms with Crippen molar-refractivity contribution < 1.29 is 8.78 Å². The van der Waals surface area contributed by atoms with E-state index >= 15 is 0 Å². The van der Waals surface area contributed by atoms with E-state index in [1.165, 1.54) is 6.07 Å². The molecule has 1 fully saturated rings. The van der Waals surface area contributed by atoms with E-state index < -0.39 is 11.6 Å². The zero-order valence-electron chi connectivity index (χ0n) is 7.49. The molecule has 14 heavy (non-hydrogen) atoms. The monoisotopic (exact) mass is 261 g/mol. The fourth-order valence-corrected chi connectivity index (χ4v) is 1.89. The lowest BCUT2D eigenvalue weighted by molar-refractivity contribution is 0.493. The minimum Gasteiger partial charge on any atom is -0.398 e. The third-order valence-electron chi connectivity index (χ3n) is 2.49. The Balaban J connectivity index is 2.40. The fourth-order valence-electron chi connectivity index (χ4n) is 1.47. The predicted molar refractivity (Wildman–Crippen MR) is 54.9 cm³/mol. The molecule has 0 unspecified atom stereocenters. The standard InChI is InChI=1S/C10H10BrF2N/c11-7-4-8(14)6(3-5-1-2-5)9(12)10(7)13/h4-5H,1-3,14H2. The molecule has 2 N–H and O–H groups in total. The van der Waals surface area contributed by atoms with Gasteiger partial charge in [0.2, 0.25) is 0 Å². The maximum atomic E-state index is 13.4. The minimum absolute atomic E-state index is 0.0899. The molecular formula is C10H10BrF2N. The van der Waals surface area contributed by atoms with Gasteiger partial charge >= 0.3 is 0 Å². The van der Waals surface area contributed by atoms with E-state index in [4.69, 9.17) is 5.73 Å². The summed E-state index contributed by atoms with van der Waals surface area (Å²) in [6, 6.07) is 1.43. The Labute approximate surface area is 89.4 Å². The Bertz CT molecular complexity index is 375. The van der Waals surface area contributed by atoms with Gasteiger partial charge in [-0.15, -0.1) is 0 Å². The van der Waals surface area contributed by atoms with Gasteiger partial charge in [0.05, 0.1) is 4.47 Å². The second-order valence-electron chi connectivity index (χ2n) is 3.70. The number of halogens is 3. The van der Waals surface area contributed by atoms with Crippen LogP contribution in [0.15, 0.2) is 10.5 Å². The number of nitrogen functional groups attached to an aromatic ring is 1. The van der Waals surface area contributed by atoms with Crippen molar-refractivity contribution in [3.05, 3.63) is 27.7 Å². The number of rotatable bonds is 2. The van der Waals surface area contributed by atoms with Crippen LogP contribution in [0.2, 0.25) is 0 Å². The average Bonchev–Trinajstić information content (AvgIpc) is 2.92. The van der Waals surface area contributed by atoms with Crippen molar-refractivity contribution in [3.63, 3.8) is 0 Å². The average molecular weight is 262 g/mol. The van der Waals surface area contributed by atoms with Crippen molar-refractivity contribution in [3.8, 4) is 0 Å². The maximum Gasteiger partial charge on any atom is 0.173 e. The van der Waals surface area contributed by atoms with Crippen LogP contribution >= 0.6 is 15.9 Å². The summed E-state index contributed by atoms with van der Waals surface area (Å²) in [6.07, 6.45) is 2.75. The van der Waals surface area contributed by atoms with Crippen molar-refractivity contribution in [2.75, 3.05) is 5.73 Å². The molecule has 0 aliphatic heterocycles. The molecule has 1 aliphatic rings. The molecule has 1 aromatic carbocycles. The summed E-state index contributed by atoms with van der Waals surface area (Å²) in [6.45, 7) is 0. The van der Waals surface area contributed by atoms with Crippen molar-refractivity contribution in [1.82, 2.24) is 0 Å². The first-order valence-corrected chi connectivity index (χ1v) is 5.30. The molecule has 0 saturated heterocycles. The number of hydrogen-bond donors (Lipinski definition) is 1. The zero-order chi connectivity index (χ0) is 10.3. The molecule has 1 aliphatic carbocycles. The lowest BCUT2D eigenvalue weighted by Crippen LogP contribution is -2.03. The Hall–Kier alpha value is -0.640. The molecule has 2 rings (SSSR count). The van der Waals surface area contributed by atoms with Crippen molar-refractivity contribution in [1.29, 1.82) is 0 Å². The molecular weight excluding hydrogens is 252 g/mol. The van der Waals surface area contributed by atoms with Gasteiger partial charge in [-0.25, -0.2) is 8.78 Å². The van der Waals surface area contributed by atoms with Crippen molar-refractivity contribution in [2.45, 2.75) is 19.3 Å². The van der Waals surface area contributed by atoms with Gasteiger partial charge < -0.3 is 5.73 Å². The zero-order valence-corrected chi connectivity index (χ0v) is 9.07. The Kier molecular flexibility index (Phi) is 2.47. The Morgan fingerprint density at radius 3 is 2.57 bits per heavy atom. The molecule has 0 heterocycles. The van der Waals surface area contributed by atoms with Gasteiger partial charge in [-0.3, -0.25) is 0 Å². The highest BCUT2D eigenvalue weighted by molar-refractivity contribution is 9.10. The van der Waals surface area contributed by atoms with Crippen LogP contribution in [0.25, 0.3) is 0 Å². The van der Waals surface area contributed by atoms with Crippen LogP contribution in [0.4, 0.5) is 14.5 Å². The van der Waals surface area contributed by atoms with Gasteiger partial charge in [0.15, 0.2) is 11.6 Å². The summed E-state index contributed by atoms with van der Waals surface area (Å²) >= 11 is 2.92. The van der Waals surface area contributed by atoms with Crippen LogP contribution in [0.1, 0.15) is 18.4 Å². The first-order chi connectivity index (χ1) is 6.59. The second kappa shape index (κ2) is 3.50. The predicted octanol–water partition coefficient (Wildman–Crippen LogP) is 3.26. The molecule has 0 aromatic heterocycles. The largest absolute Gasteiger partial charge is 0.398 e. The lowest BCUT2D eigenvalue weighted by Gasteiger charge is -2.08. The summed E-state index contributed by atoms with van der Waals surface area (Å²) in [4.78, 5) is 0. The summed E-state index contributed by atoms with van der Waals surface area (Å²) in [5.74, 6) is -1.15. The molecule has 0 bridgehead atoms. The van der Waals surface area contributed by atoms with Crippen LogP contribution in [0, 0.1) is 17.6 Å². The third-order valence-corrected chi connectivity index (χ3v) is 3.06. The summed E-state index contributed by atoms with van der Waals surface area (Å²) in [5.41, 5.74) is 6.29. The Morgan fingerprint density at radius 2 is 2.00 bits per heavy atom. The van der Waals surface area contributed by atoms with Crippen molar-refractivity contribution >= 4 is 21.6 Å². The highest BCUT2D eigenvalue weighted by Gasteiger charge is 2.26. The highest BCUT2D eigenvalue weighted by Crippen LogP contribution is 2.36. The quantitative estimate of drug-likeness (QED) is 0.642. The normalized spacial score (nSPS) is 15.9. The molecule has 1 nitrogen and oxygen atoms in total. The van der Waals surface area contributed by atoms with E-state index in [1.807, 2.05) is 0 Å². The number of hydrogen-bond acceptors (Lipinski definition) is 1. The van der Waals surface area contributed by atoms with Gasteiger partial charge in [-0.1, -0.05) is 0 Å². The summed E-state index contributed by atoms with van der Waals surface area (Å²) in [7, 11) is 0. The highest BCUT2D eigenvalue weighted by atomic mass is 79.9. The van der Waals surface area contributed by atoms with E-state index in [0.29, 0.717) is 23.6 Å². The van der Waals surface area contributed by atoms with E-state index in [9.17, 15) is 8.78 Å². The Morgan fingerprint density at radius 1 is 1.36 bits per heavy atom. The van der Waals surface area contributed by atoms with Crippen molar-refractivity contribution in [2.24, 2.45) is 5.92 Å². The first-order valence-electron chi connectivity index (χ1n) is 4.51. The number of anilines is 1. The van der Waals surface area contributed by atoms with E-state index in [1.54, 1.807) is 0 Å². The van der Waals surface area contributed by atoms with E-state index in [0.717, 1.165) is 12.8 Å². The molecule has 0 spiro atoms. The minimum atomic E-state index is -0.838. The first kappa shape index (κ1) is 9.90. The van der Waals surface area contributed by atoms with Gasteiger partial charge in [-0.2, -0.15) is 0 Å². The summed E-state index contributed by atoms with van der Waals surface area (Å²) in [5, 5.41) is 0. The van der Waals surface area contributed by atoms with E-state index in [-0.39, 0.29) is 4.47 Å². The molecule has 0 radical (unpaired) electrons. The second-order valence-corrected chi connectivity index (χ2v) is 4.56. The van der Waals surface area contributed by atoms with E-state index in [2.05, 4.69) is 15.9 Å². The smallest absolute Gasteiger partial charge is 0.173 e. The van der Waals surface area contributed by atoms with Gasteiger partial charge in [0.1, 0.15) is 0 Å². The van der Waals surface area contributed by atoms with Crippen LogP contribution in [-0.2, 0) is 6.42 Å². The molecule has 1 aromatic rings. The van der Waals surface area contributed by atoms with Gasteiger partial charge in [0, 0.05) is 11.3 Å². The lowest BCUT2D eigenvalue weighted by atomic mass is 10.1. The molecule has 0 amide bonds.